The molecule has 1 aromatic heterocycles. The summed E-state index contributed by atoms with van der Waals surface area (Å²) in [6.07, 6.45) is 3.63. The number of hydrogen-bond acceptors (Lipinski definition) is 5. The van der Waals surface area contributed by atoms with Crippen LogP contribution in [-0.4, -0.2) is 40.6 Å². The number of nitrogens with zero attached hydrogens (tertiary/aromatic N) is 3. The molecule has 0 bridgehead atoms. The summed E-state index contributed by atoms with van der Waals surface area (Å²) in [5, 5.41) is 3.46. The van der Waals surface area contributed by atoms with E-state index >= 15 is 0 Å². The number of benzene rings is 1. The van der Waals surface area contributed by atoms with Gasteiger partial charge in [-0.3, -0.25) is 4.90 Å². The van der Waals surface area contributed by atoms with Crippen LogP contribution in [-0.2, 0) is 6.54 Å². The van der Waals surface area contributed by atoms with E-state index < -0.39 is 0 Å². The Morgan fingerprint density at radius 2 is 1.96 bits per heavy atom. The fraction of sp³-hybridized carbons (Fsp3) is 0.444. The van der Waals surface area contributed by atoms with Crippen LogP contribution in [0.15, 0.2) is 36.7 Å². The third-order valence-corrected chi connectivity index (χ3v) is 4.19. The number of anilines is 1. The van der Waals surface area contributed by atoms with E-state index in [1.807, 2.05) is 25.1 Å². The molecule has 24 heavy (non-hydrogen) atoms. The molecule has 5 nitrogen and oxygen atoms in total. The van der Waals surface area contributed by atoms with Crippen LogP contribution in [0.5, 0.6) is 5.88 Å². The average molecular weight is 330 g/mol. The third kappa shape index (κ3) is 4.64. The predicted octanol–water partition coefficient (Wildman–Crippen LogP) is 3.09. The molecule has 0 radical (unpaired) electrons. The van der Waals surface area contributed by atoms with Crippen molar-refractivity contribution in [2.45, 2.75) is 32.4 Å². The number of hydrogen-bond donors (Lipinski definition) is 1. The molecule has 0 atom stereocenters. The van der Waals surface area contributed by atoms with Gasteiger partial charge >= 0.3 is 0 Å². The zero-order valence-corrected chi connectivity index (χ0v) is 13.9. The van der Waals surface area contributed by atoms with Gasteiger partial charge in [-0.15, -0.1) is 0 Å². The first-order chi connectivity index (χ1) is 11.7. The summed E-state index contributed by atoms with van der Waals surface area (Å²) in [5.41, 5.74) is 1.15. The van der Waals surface area contributed by atoms with Crippen molar-refractivity contribution in [3.8, 4) is 5.88 Å². The van der Waals surface area contributed by atoms with E-state index in [1.54, 1.807) is 0 Å². The second-order valence-electron chi connectivity index (χ2n) is 6.00. The van der Waals surface area contributed by atoms with Gasteiger partial charge in [-0.05, 0) is 37.5 Å². The van der Waals surface area contributed by atoms with Gasteiger partial charge in [0.1, 0.15) is 18.0 Å². The minimum atomic E-state index is -0.182. The second kappa shape index (κ2) is 8.06. The monoisotopic (exact) mass is 330 g/mol. The number of nitrogens with one attached hydrogen (secondary N) is 1. The van der Waals surface area contributed by atoms with Gasteiger partial charge in [0, 0.05) is 31.7 Å². The summed E-state index contributed by atoms with van der Waals surface area (Å²) in [6, 6.07) is 9.00. The fourth-order valence-electron chi connectivity index (χ4n) is 2.94. The van der Waals surface area contributed by atoms with Crippen molar-refractivity contribution in [1.82, 2.24) is 14.9 Å². The zero-order chi connectivity index (χ0) is 16.8. The van der Waals surface area contributed by atoms with E-state index in [4.69, 9.17) is 4.74 Å². The van der Waals surface area contributed by atoms with E-state index in [1.165, 1.54) is 18.5 Å². The Morgan fingerprint density at radius 1 is 1.21 bits per heavy atom. The van der Waals surface area contributed by atoms with Crippen LogP contribution >= 0.6 is 0 Å². The van der Waals surface area contributed by atoms with Crippen molar-refractivity contribution in [2.24, 2.45) is 0 Å². The predicted molar refractivity (Wildman–Crippen MR) is 91.5 cm³/mol. The Bertz CT molecular complexity index is 642. The number of likely N-dealkylation sites (tertiary alicyclic amines) is 1. The molecule has 1 fully saturated rings. The highest BCUT2D eigenvalue weighted by Crippen LogP contribution is 2.19. The first kappa shape index (κ1) is 16.6. The average Bonchev–Trinajstić information content (AvgIpc) is 2.59. The maximum Gasteiger partial charge on any atom is 0.218 e. The molecule has 1 N–H and O–H groups in total. The first-order valence-corrected chi connectivity index (χ1v) is 8.41. The Labute approximate surface area is 141 Å². The van der Waals surface area contributed by atoms with Gasteiger partial charge in [-0.1, -0.05) is 12.1 Å². The molecule has 2 heterocycles. The molecule has 0 spiro atoms. The van der Waals surface area contributed by atoms with E-state index in [0.29, 0.717) is 18.5 Å². The maximum atomic E-state index is 13.0. The summed E-state index contributed by atoms with van der Waals surface area (Å²) < 4.78 is 18.4. The Morgan fingerprint density at radius 3 is 2.67 bits per heavy atom. The molecular weight excluding hydrogens is 307 g/mol. The van der Waals surface area contributed by atoms with Crippen LogP contribution < -0.4 is 10.1 Å². The van der Waals surface area contributed by atoms with E-state index in [0.717, 1.165) is 43.9 Å². The van der Waals surface area contributed by atoms with E-state index in [2.05, 4.69) is 20.2 Å². The highest BCUT2D eigenvalue weighted by Gasteiger charge is 2.19. The topological polar surface area (TPSA) is 50.3 Å². The minimum Gasteiger partial charge on any atom is -0.478 e. The normalized spacial score (nSPS) is 16.1. The SMILES string of the molecule is CCOc1cc(NC2CCN(Cc3ccc(F)cc3)CC2)ncn1. The van der Waals surface area contributed by atoms with Gasteiger partial charge in [-0.2, -0.15) is 0 Å². The highest BCUT2D eigenvalue weighted by atomic mass is 19.1. The molecule has 1 aliphatic heterocycles. The number of rotatable bonds is 6. The molecule has 128 valence electrons. The van der Waals surface area contributed by atoms with Crippen LogP contribution in [0.3, 0.4) is 0 Å². The van der Waals surface area contributed by atoms with Crippen molar-refractivity contribution in [1.29, 1.82) is 0 Å². The molecule has 2 aromatic rings. The van der Waals surface area contributed by atoms with Crippen LogP contribution in [0.4, 0.5) is 10.2 Å². The number of piperidine rings is 1. The third-order valence-electron chi connectivity index (χ3n) is 4.19. The fourth-order valence-corrected chi connectivity index (χ4v) is 2.94. The molecule has 0 aliphatic carbocycles. The van der Waals surface area contributed by atoms with Crippen LogP contribution in [0.25, 0.3) is 0 Å². The van der Waals surface area contributed by atoms with Crippen molar-refractivity contribution in [2.75, 3.05) is 25.0 Å². The van der Waals surface area contributed by atoms with Gasteiger partial charge in [0.2, 0.25) is 5.88 Å². The molecule has 6 heteroatoms. The van der Waals surface area contributed by atoms with Gasteiger partial charge in [-0.25, -0.2) is 14.4 Å². The number of halogens is 1. The van der Waals surface area contributed by atoms with Crippen LogP contribution in [0.2, 0.25) is 0 Å². The molecule has 0 saturated carbocycles. The van der Waals surface area contributed by atoms with Gasteiger partial charge in [0.15, 0.2) is 0 Å². The molecule has 1 aromatic carbocycles. The largest absolute Gasteiger partial charge is 0.478 e. The lowest BCUT2D eigenvalue weighted by Crippen LogP contribution is -2.38. The lowest BCUT2D eigenvalue weighted by Gasteiger charge is -2.32. The molecule has 0 amide bonds. The van der Waals surface area contributed by atoms with E-state index in [9.17, 15) is 4.39 Å². The second-order valence-corrected chi connectivity index (χ2v) is 6.00. The highest BCUT2D eigenvalue weighted by molar-refractivity contribution is 5.38. The molecule has 1 saturated heterocycles. The summed E-state index contributed by atoms with van der Waals surface area (Å²) in [6.45, 7) is 5.43. The molecule has 1 aliphatic rings. The summed E-state index contributed by atoms with van der Waals surface area (Å²) in [5.74, 6) is 1.23. The molecule has 3 rings (SSSR count). The summed E-state index contributed by atoms with van der Waals surface area (Å²) in [4.78, 5) is 10.7. The van der Waals surface area contributed by atoms with Gasteiger partial charge < -0.3 is 10.1 Å². The number of ether oxygens (including phenoxy) is 1. The Kier molecular flexibility index (Phi) is 5.59. The smallest absolute Gasteiger partial charge is 0.218 e. The molecular formula is C18H23FN4O. The lowest BCUT2D eigenvalue weighted by atomic mass is 10.0. The standard InChI is InChI=1S/C18H23FN4O/c1-2-24-18-11-17(20-13-21-18)22-16-7-9-23(10-8-16)12-14-3-5-15(19)6-4-14/h3-6,11,13,16H,2,7-10,12H2,1H3,(H,20,21,22). The zero-order valence-electron chi connectivity index (χ0n) is 13.9. The van der Waals surface area contributed by atoms with Crippen molar-refractivity contribution < 1.29 is 9.13 Å². The minimum absolute atomic E-state index is 0.182. The van der Waals surface area contributed by atoms with Crippen LogP contribution in [0.1, 0.15) is 25.3 Å². The van der Waals surface area contributed by atoms with Crippen molar-refractivity contribution >= 4 is 5.82 Å². The Hall–Kier alpha value is -2.21. The lowest BCUT2D eigenvalue weighted by molar-refractivity contribution is 0.211. The first-order valence-electron chi connectivity index (χ1n) is 8.41. The Balaban J connectivity index is 1.48. The van der Waals surface area contributed by atoms with Gasteiger partial charge in [0.05, 0.1) is 6.61 Å². The summed E-state index contributed by atoms with van der Waals surface area (Å²) >= 11 is 0. The van der Waals surface area contributed by atoms with Crippen molar-refractivity contribution in [3.05, 3.63) is 48.0 Å². The quantitative estimate of drug-likeness (QED) is 0.882. The van der Waals surface area contributed by atoms with Gasteiger partial charge in [0.25, 0.3) is 0 Å². The maximum absolute atomic E-state index is 13.0. The number of aromatic nitrogens is 2. The molecule has 0 unspecified atom stereocenters. The van der Waals surface area contributed by atoms with Crippen LogP contribution in [0, 0.1) is 5.82 Å². The van der Waals surface area contributed by atoms with E-state index in [-0.39, 0.29) is 5.82 Å². The van der Waals surface area contributed by atoms with Crippen molar-refractivity contribution in [3.63, 3.8) is 0 Å². The summed E-state index contributed by atoms with van der Waals surface area (Å²) in [7, 11) is 0.